The maximum absolute atomic E-state index is 11.1. The van der Waals surface area contributed by atoms with E-state index in [1.165, 1.54) is 6.07 Å². The monoisotopic (exact) mass is 233 g/mol. The van der Waals surface area contributed by atoms with Crippen molar-refractivity contribution < 1.29 is 19.8 Å². The zero-order valence-corrected chi connectivity index (χ0v) is 8.96. The molecule has 0 aliphatic heterocycles. The second-order valence-corrected chi connectivity index (χ2v) is 3.62. The third kappa shape index (κ3) is 1.81. The van der Waals surface area contributed by atoms with Gasteiger partial charge in [-0.2, -0.15) is 0 Å². The Morgan fingerprint density at radius 2 is 2.18 bits per heavy atom. The molecule has 0 atom stereocenters. The molecular weight excluding hydrogens is 222 g/mol. The predicted octanol–water partition coefficient (Wildman–Crippen LogP) is 1.14. The van der Waals surface area contributed by atoms with Gasteiger partial charge in [-0.05, 0) is 12.1 Å². The Kier molecular flexibility index (Phi) is 2.93. The van der Waals surface area contributed by atoms with Gasteiger partial charge in [0.15, 0.2) is 6.29 Å². The zero-order valence-electron chi connectivity index (χ0n) is 8.96. The number of aromatic nitrogens is 1. The SMILES string of the molecule is O=Cc1cn(CCO)c2cccc(C(=O)O)c12. The average Bonchev–Trinajstić information content (AvgIpc) is 2.68. The van der Waals surface area contributed by atoms with Gasteiger partial charge < -0.3 is 14.8 Å². The third-order valence-electron chi connectivity index (χ3n) is 2.63. The maximum Gasteiger partial charge on any atom is 0.336 e. The molecule has 0 saturated carbocycles. The number of carboxylic acids is 1. The average molecular weight is 233 g/mol. The van der Waals surface area contributed by atoms with Crippen LogP contribution in [-0.2, 0) is 6.54 Å². The number of hydrogen-bond donors (Lipinski definition) is 2. The van der Waals surface area contributed by atoms with E-state index < -0.39 is 5.97 Å². The number of carbonyl (C=O) groups excluding carboxylic acids is 1. The van der Waals surface area contributed by atoms with Crippen LogP contribution < -0.4 is 0 Å². The quantitative estimate of drug-likeness (QED) is 0.776. The molecule has 2 N–H and O–H groups in total. The molecule has 5 heteroatoms. The van der Waals surface area contributed by atoms with Crippen molar-refractivity contribution in [2.24, 2.45) is 0 Å². The molecule has 1 heterocycles. The molecule has 0 fully saturated rings. The number of nitrogens with zero attached hydrogens (tertiary/aromatic N) is 1. The normalized spacial score (nSPS) is 10.6. The number of aliphatic hydroxyl groups excluding tert-OH is 1. The van der Waals surface area contributed by atoms with Gasteiger partial charge in [-0.15, -0.1) is 0 Å². The van der Waals surface area contributed by atoms with E-state index in [0.717, 1.165) is 0 Å². The molecular formula is C12H11NO4. The molecule has 0 aliphatic rings. The second-order valence-electron chi connectivity index (χ2n) is 3.62. The van der Waals surface area contributed by atoms with Crippen LogP contribution in [0.5, 0.6) is 0 Å². The molecule has 1 aromatic carbocycles. The van der Waals surface area contributed by atoms with E-state index in [2.05, 4.69) is 0 Å². The minimum Gasteiger partial charge on any atom is -0.478 e. The lowest BCUT2D eigenvalue weighted by Crippen LogP contribution is -2.01. The first kappa shape index (κ1) is 11.3. The van der Waals surface area contributed by atoms with Gasteiger partial charge >= 0.3 is 5.97 Å². The Bertz CT molecular complexity index is 585. The number of carboxylic acid groups (broad SMARTS) is 1. The number of aromatic carboxylic acids is 1. The van der Waals surface area contributed by atoms with E-state index in [4.69, 9.17) is 10.2 Å². The van der Waals surface area contributed by atoms with Crippen molar-refractivity contribution in [3.05, 3.63) is 35.5 Å². The molecule has 2 rings (SSSR count). The summed E-state index contributed by atoms with van der Waals surface area (Å²) in [5, 5.41) is 18.4. The van der Waals surface area contributed by atoms with Crippen LogP contribution >= 0.6 is 0 Å². The van der Waals surface area contributed by atoms with E-state index >= 15 is 0 Å². The van der Waals surface area contributed by atoms with Crippen molar-refractivity contribution in [3.8, 4) is 0 Å². The topological polar surface area (TPSA) is 79.5 Å². The van der Waals surface area contributed by atoms with Gasteiger partial charge in [0.05, 0.1) is 12.2 Å². The number of carbonyl (C=O) groups is 2. The highest BCUT2D eigenvalue weighted by atomic mass is 16.4. The van der Waals surface area contributed by atoms with Crippen LogP contribution in [0.4, 0.5) is 0 Å². The van der Waals surface area contributed by atoms with Crippen molar-refractivity contribution >= 4 is 23.2 Å². The van der Waals surface area contributed by atoms with Crippen LogP contribution in [0.2, 0.25) is 0 Å². The second kappa shape index (κ2) is 4.39. The number of fused-ring (bicyclic) bond motifs is 1. The summed E-state index contributed by atoms with van der Waals surface area (Å²) >= 11 is 0. The summed E-state index contributed by atoms with van der Waals surface area (Å²) in [6.45, 7) is 0.257. The summed E-state index contributed by atoms with van der Waals surface area (Å²) in [5.41, 5.74) is 1.06. The van der Waals surface area contributed by atoms with Crippen LogP contribution in [0.3, 0.4) is 0 Å². The lowest BCUT2D eigenvalue weighted by Gasteiger charge is -2.03. The highest BCUT2D eigenvalue weighted by Crippen LogP contribution is 2.24. The van der Waals surface area contributed by atoms with E-state index in [0.29, 0.717) is 29.3 Å². The van der Waals surface area contributed by atoms with Gasteiger partial charge in [0.1, 0.15) is 0 Å². The third-order valence-corrected chi connectivity index (χ3v) is 2.63. The Morgan fingerprint density at radius 3 is 2.76 bits per heavy atom. The fraction of sp³-hybridized carbons (Fsp3) is 0.167. The highest BCUT2D eigenvalue weighted by Gasteiger charge is 2.15. The first-order chi connectivity index (χ1) is 8.19. The number of benzene rings is 1. The van der Waals surface area contributed by atoms with E-state index in [9.17, 15) is 9.59 Å². The smallest absolute Gasteiger partial charge is 0.336 e. The molecule has 5 nitrogen and oxygen atoms in total. The molecule has 2 aromatic rings. The lowest BCUT2D eigenvalue weighted by atomic mass is 10.1. The summed E-state index contributed by atoms with van der Waals surface area (Å²) in [6, 6.07) is 4.81. The maximum atomic E-state index is 11.1. The van der Waals surface area contributed by atoms with Gasteiger partial charge in [-0.3, -0.25) is 4.79 Å². The molecule has 1 aromatic heterocycles. The largest absolute Gasteiger partial charge is 0.478 e. The van der Waals surface area contributed by atoms with Gasteiger partial charge in [-0.1, -0.05) is 6.07 Å². The molecule has 0 radical (unpaired) electrons. The van der Waals surface area contributed by atoms with Gasteiger partial charge in [0, 0.05) is 29.2 Å². The van der Waals surface area contributed by atoms with Crippen molar-refractivity contribution in [2.75, 3.05) is 6.61 Å². The number of aliphatic hydroxyl groups is 1. The fourth-order valence-electron chi connectivity index (χ4n) is 1.95. The zero-order chi connectivity index (χ0) is 12.4. The summed E-state index contributed by atoms with van der Waals surface area (Å²) in [5.74, 6) is -1.07. The van der Waals surface area contributed by atoms with Gasteiger partial charge in [0.2, 0.25) is 0 Å². The molecule has 0 spiro atoms. The molecule has 0 amide bonds. The van der Waals surface area contributed by atoms with Gasteiger partial charge in [0.25, 0.3) is 0 Å². The summed E-state index contributed by atoms with van der Waals surface area (Å²) in [7, 11) is 0. The number of aldehydes is 1. The highest BCUT2D eigenvalue weighted by molar-refractivity contribution is 6.09. The van der Waals surface area contributed by atoms with Crippen LogP contribution in [0.15, 0.2) is 24.4 Å². The summed E-state index contributed by atoms with van der Waals surface area (Å²) in [4.78, 5) is 22.0. The fourth-order valence-corrected chi connectivity index (χ4v) is 1.95. The van der Waals surface area contributed by atoms with Gasteiger partial charge in [-0.25, -0.2) is 4.79 Å². The van der Waals surface area contributed by atoms with Crippen molar-refractivity contribution in [3.63, 3.8) is 0 Å². The van der Waals surface area contributed by atoms with Crippen LogP contribution in [0.25, 0.3) is 10.9 Å². The standard InChI is InChI=1S/C12H11NO4/c14-5-4-13-6-8(7-15)11-9(12(16)17)2-1-3-10(11)13/h1-3,6-7,14H,4-5H2,(H,16,17). The van der Waals surface area contributed by atoms with Crippen molar-refractivity contribution in [1.29, 1.82) is 0 Å². The van der Waals surface area contributed by atoms with E-state index in [1.54, 1.807) is 22.9 Å². The van der Waals surface area contributed by atoms with Crippen molar-refractivity contribution in [2.45, 2.75) is 6.54 Å². The van der Waals surface area contributed by atoms with Crippen LogP contribution in [0, 0.1) is 0 Å². The Hall–Kier alpha value is -2.14. The lowest BCUT2D eigenvalue weighted by molar-refractivity contribution is 0.0699. The number of rotatable bonds is 4. The predicted molar refractivity (Wildman–Crippen MR) is 61.4 cm³/mol. The Labute approximate surface area is 96.9 Å². The molecule has 0 aliphatic carbocycles. The summed E-state index contributed by atoms with van der Waals surface area (Å²) in [6.07, 6.45) is 2.18. The molecule has 0 unspecified atom stereocenters. The van der Waals surface area contributed by atoms with Crippen LogP contribution in [0.1, 0.15) is 20.7 Å². The Morgan fingerprint density at radius 1 is 1.41 bits per heavy atom. The minimum absolute atomic E-state index is 0.0701. The first-order valence-electron chi connectivity index (χ1n) is 5.10. The van der Waals surface area contributed by atoms with Crippen molar-refractivity contribution in [1.82, 2.24) is 4.57 Å². The van der Waals surface area contributed by atoms with Crippen LogP contribution in [-0.4, -0.2) is 33.6 Å². The molecule has 0 saturated heterocycles. The first-order valence-corrected chi connectivity index (χ1v) is 5.10. The number of hydrogen-bond acceptors (Lipinski definition) is 3. The summed E-state index contributed by atoms with van der Waals surface area (Å²) < 4.78 is 1.67. The molecule has 0 bridgehead atoms. The van der Waals surface area contributed by atoms with E-state index in [1.807, 2.05) is 0 Å². The minimum atomic E-state index is -1.07. The molecule has 17 heavy (non-hydrogen) atoms. The molecule has 88 valence electrons. The Balaban J connectivity index is 2.79. The van der Waals surface area contributed by atoms with E-state index in [-0.39, 0.29) is 12.2 Å².